The molecule has 0 amide bonds. The molecule has 0 saturated heterocycles. The Morgan fingerprint density at radius 1 is 1.18 bits per heavy atom. The van der Waals surface area contributed by atoms with Gasteiger partial charge in [-0.3, -0.25) is 10.1 Å². The minimum absolute atomic E-state index is 0. The quantitative estimate of drug-likeness (QED) is 0.349. The molecule has 1 aliphatic heterocycles. The number of aromatic nitrogens is 2. The summed E-state index contributed by atoms with van der Waals surface area (Å²) in [7, 11) is 0. The van der Waals surface area contributed by atoms with Gasteiger partial charge in [-0.25, -0.2) is 14.6 Å². The molecule has 0 aliphatic carbocycles. The number of benzene rings is 1. The lowest BCUT2D eigenvalue weighted by Crippen LogP contribution is -2.34. The summed E-state index contributed by atoms with van der Waals surface area (Å²) in [6, 6.07) is 5.87. The highest BCUT2D eigenvalue weighted by Crippen LogP contribution is 2.40. The Labute approximate surface area is 196 Å². The van der Waals surface area contributed by atoms with Crippen molar-refractivity contribution in [2.45, 2.75) is 33.2 Å². The third-order valence-corrected chi connectivity index (χ3v) is 4.95. The highest BCUT2D eigenvalue weighted by molar-refractivity contribution is 6.00. The second kappa shape index (κ2) is 11.3. The van der Waals surface area contributed by atoms with Crippen LogP contribution in [0.3, 0.4) is 0 Å². The average molecular weight is 477 g/mol. The first-order valence-electron chi connectivity index (χ1n) is 10.1. The molecular weight excluding hydrogens is 452 g/mol. The number of dihydropyridines is 1. The Morgan fingerprint density at radius 3 is 2.42 bits per heavy atom. The number of nitrogens with one attached hydrogen (secondary N) is 1. The van der Waals surface area contributed by atoms with E-state index in [9.17, 15) is 19.7 Å². The van der Waals surface area contributed by atoms with Gasteiger partial charge in [-0.05, 0) is 26.3 Å². The highest BCUT2D eigenvalue weighted by Gasteiger charge is 2.39. The number of rotatable bonds is 8. The van der Waals surface area contributed by atoms with E-state index in [0.29, 0.717) is 17.0 Å². The molecular formula is C22H25ClN4O6. The van der Waals surface area contributed by atoms with Crippen LogP contribution < -0.4 is 5.32 Å². The zero-order valence-corrected chi connectivity index (χ0v) is 19.3. The molecule has 1 atom stereocenters. The third kappa shape index (κ3) is 5.58. The van der Waals surface area contributed by atoms with Gasteiger partial charge in [0.05, 0.1) is 48.1 Å². The van der Waals surface area contributed by atoms with Crippen LogP contribution >= 0.6 is 12.4 Å². The Morgan fingerprint density at radius 2 is 1.85 bits per heavy atom. The standard InChI is InChI=1S/C22H24N4O6.ClH/c1-4-31-21(27)18-14(3)24-17(12-25-10-9-23-13-25)20(22(28)32-5-2)19(18)15-7-6-8-16(11-15)26(29)30;/h6-11,13,19,24H,4-5,12H2,1-3H3;1H. The largest absolute Gasteiger partial charge is 0.463 e. The maximum absolute atomic E-state index is 13.1. The Balaban J connectivity index is 0.00000385. The van der Waals surface area contributed by atoms with Crippen molar-refractivity contribution in [2.24, 2.45) is 0 Å². The van der Waals surface area contributed by atoms with Gasteiger partial charge in [0.2, 0.25) is 0 Å². The van der Waals surface area contributed by atoms with E-state index in [2.05, 4.69) is 10.3 Å². The van der Waals surface area contributed by atoms with Crippen molar-refractivity contribution >= 4 is 30.0 Å². The molecule has 1 unspecified atom stereocenters. The number of halogens is 1. The van der Waals surface area contributed by atoms with E-state index in [0.717, 1.165) is 0 Å². The number of esters is 2. The van der Waals surface area contributed by atoms with E-state index in [1.165, 1.54) is 18.2 Å². The zero-order valence-electron chi connectivity index (χ0n) is 18.4. The van der Waals surface area contributed by atoms with E-state index in [4.69, 9.17) is 9.47 Å². The van der Waals surface area contributed by atoms with Crippen LogP contribution in [-0.2, 0) is 25.6 Å². The van der Waals surface area contributed by atoms with Gasteiger partial charge in [0, 0.05) is 35.9 Å². The molecule has 0 saturated carbocycles. The van der Waals surface area contributed by atoms with Gasteiger partial charge in [0.1, 0.15) is 0 Å². The number of non-ortho nitro benzene ring substituents is 1. The predicted molar refractivity (Wildman–Crippen MR) is 121 cm³/mol. The number of nitrogens with zero attached hydrogens (tertiary/aromatic N) is 3. The van der Waals surface area contributed by atoms with Gasteiger partial charge in [0.15, 0.2) is 0 Å². The molecule has 0 fully saturated rings. The molecule has 0 radical (unpaired) electrons. The molecule has 1 aliphatic rings. The first-order chi connectivity index (χ1) is 15.4. The maximum atomic E-state index is 13.1. The van der Waals surface area contributed by atoms with E-state index < -0.39 is 22.8 Å². The minimum Gasteiger partial charge on any atom is -0.463 e. The Kier molecular flexibility index (Phi) is 8.75. The number of carbonyl (C=O) groups is 2. The van der Waals surface area contributed by atoms with E-state index in [1.54, 1.807) is 50.1 Å². The third-order valence-electron chi connectivity index (χ3n) is 4.95. The van der Waals surface area contributed by atoms with Crippen molar-refractivity contribution in [3.63, 3.8) is 0 Å². The van der Waals surface area contributed by atoms with Crippen LogP contribution in [0.15, 0.2) is 65.5 Å². The fourth-order valence-corrected chi connectivity index (χ4v) is 3.66. The molecule has 0 bridgehead atoms. The molecule has 1 aromatic heterocycles. The monoisotopic (exact) mass is 476 g/mol. The molecule has 33 heavy (non-hydrogen) atoms. The van der Waals surface area contributed by atoms with Crippen LogP contribution in [0.1, 0.15) is 32.3 Å². The topological polar surface area (TPSA) is 126 Å². The van der Waals surface area contributed by atoms with Crippen LogP contribution in [0.5, 0.6) is 0 Å². The second-order valence-corrected chi connectivity index (χ2v) is 7.02. The zero-order chi connectivity index (χ0) is 23.3. The number of ether oxygens (including phenoxy) is 2. The molecule has 3 rings (SSSR count). The highest BCUT2D eigenvalue weighted by atomic mass is 35.5. The second-order valence-electron chi connectivity index (χ2n) is 7.02. The van der Waals surface area contributed by atoms with Crippen molar-refractivity contribution in [2.75, 3.05) is 13.2 Å². The number of imidazole rings is 1. The summed E-state index contributed by atoms with van der Waals surface area (Å²) < 4.78 is 12.3. The maximum Gasteiger partial charge on any atom is 0.336 e. The van der Waals surface area contributed by atoms with E-state index in [-0.39, 0.29) is 49.0 Å². The van der Waals surface area contributed by atoms with Crippen LogP contribution in [0.4, 0.5) is 5.69 Å². The number of hydrogen-bond donors (Lipinski definition) is 1. The molecule has 10 nitrogen and oxygen atoms in total. The van der Waals surface area contributed by atoms with Crippen LogP contribution in [0, 0.1) is 10.1 Å². The summed E-state index contributed by atoms with van der Waals surface area (Å²) in [6.07, 6.45) is 4.94. The first-order valence-corrected chi connectivity index (χ1v) is 10.1. The number of nitro benzene ring substituents is 1. The van der Waals surface area contributed by atoms with Gasteiger partial charge in [0.25, 0.3) is 5.69 Å². The number of nitro groups is 1. The van der Waals surface area contributed by atoms with Gasteiger partial charge in [-0.2, -0.15) is 0 Å². The lowest BCUT2D eigenvalue weighted by Gasteiger charge is -2.31. The predicted octanol–water partition coefficient (Wildman–Crippen LogP) is 3.25. The summed E-state index contributed by atoms with van der Waals surface area (Å²) in [5, 5.41) is 14.5. The van der Waals surface area contributed by atoms with Crippen molar-refractivity contribution in [3.05, 3.63) is 81.2 Å². The Bertz CT molecular complexity index is 1090. The summed E-state index contributed by atoms with van der Waals surface area (Å²) in [6.45, 7) is 5.58. The van der Waals surface area contributed by atoms with Crippen LogP contribution in [0.2, 0.25) is 0 Å². The molecule has 1 aromatic carbocycles. The van der Waals surface area contributed by atoms with Gasteiger partial charge < -0.3 is 19.4 Å². The smallest absolute Gasteiger partial charge is 0.336 e. The van der Waals surface area contributed by atoms with Crippen molar-refractivity contribution in [3.8, 4) is 0 Å². The summed E-state index contributed by atoms with van der Waals surface area (Å²) >= 11 is 0. The lowest BCUT2D eigenvalue weighted by atomic mass is 9.80. The minimum atomic E-state index is -0.909. The number of allylic oxidation sites excluding steroid dienone is 2. The number of carbonyl (C=O) groups excluding carboxylic acids is 2. The Hall–Kier alpha value is -3.66. The number of hydrogen-bond acceptors (Lipinski definition) is 8. The fourth-order valence-electron chi connectivity index (χ4n) is 3.66. The average Bonchev–Trinajstić information content (AvgIpc) is 3.26. The molecule has 11 heteroatoms. The van der Waals surface area contributed by atoms with E-state index >= 15 is 0 Å². The normalized spacial score (nSPS) is 15.4. The van der Waals surface area contributed by atoms with Crippen LogP contribution in [0.25, 0.3) is 0 Å². The van der Waals surface area contributed by atoms with Gasteiger partial charge in [-0.1, -0.05) is 12.1 Å². The van der Waals surface area contributed by atoms with Crippen molar-refractivity contribution in [1.82, 2.24) is 14.9 Å². The van der Waals surface area contributed by atoms with E-state index in [1.807, 2.05) is 0 Å². The van der Waals surface area contributed by atoms with Crippen molar-refractivity contribution < 1.29 is 24.0 Å². The summed E-state index contributed by atoms with van der Waals surface area (Å²) in [5.41, 5.74) is 1.64. The lowest BCUT2D eigenvalue weighted by molar-refractivity contribution is -0.384. The SMILES string of the molecule is CCOC(=O)C1=C(C)NC(Cn2ccnc2)=C(C(=O)OCC)C1c1cccc([N+](=O)[O-])c1.Cl. The van der Waals surface area contributed by atoms with Gasteiger partial charge >= 0.3 is 11.9 Å². The van der Waals surface area contributed by atoms with Crippen LogP contribution in [-0.4, -0.2) is 39.6 Å². The molecule has 0 spiro atoms. The molecule has 2 aromatic rings. The van der Waals surface area contributed by atoms with Crippen molar-refractivity contribution in [1.29, 1.82) is 0 Å². The first kappa shape index (κ1) is 25.6. The summed E-state index contributed by atoms with van der Waals surface area (Å²) in [4.78, 5) is 40.9. The van der Waals surface area contributed by atoms with Gasteiger partial charge in [-0.15, -0.1) is 12.4 Å². The molecule has 2 heterocycles. The molecule has 1 N–H and O–H groups in total. The fraction of sp³-hybridized carbons (Fsp3) is 0.318. The summed E-state index contributed by atoms with van der Waals surface area (Å²) in [5.74, 6) is -2.15. The molecule has 176 valence electrons.